The Balaban J connectivity index is 1.75. The number of nitrogens with zero attached hydrogens (tertiary/aromatic N) is 1. The van der Waals surface area contributed by atoms with Crippen LogP contribution in [-0.4, -0.2) is 23.0 Å². The highest BCUT2D eigenvalue weighted by molar-refractivity contribution is 6.05. The number of amides is 1. The number of hydrogen-bond donors (Lipinski definition) is 1. The lowest BCUT2D eigenvalue weighted by molar-refractivity contribution is -0.123. The third-order valence-corrected chi connectivity index (χ3v) is 4.16. The smallest absolute Gasteiger partial charge is 0.339 e. The van der Waals surface area contributed by atoms with Gasteiger partial charge in [-0.2, -0.15) is 0 Å². The lowest BCUT2D eigenvalue weighted by Crippen LogP contribution is -2.30. The van der Waals surface area contributed by atoms with Crippen LogP contribution in [0.2, 0.25) is 0 Å². The maximum absolute atomic E-state index is 13.6. The number of carbonyl (C=O) groups excluding carboxylic acids is 2. The molecule has 27 heavy (non-hydrogen) atoms. The monoisotopic (exact) mass is 366 g/mol. The highest BCUT2D eigenvalue weighted by Gasteiger charge is 2.21. The first-order valence-corrected chi connectivity index (χ1v) is 8.49. The number of hydrogen-bond acceptors (Lipinski definition) is 4. The molecule has 0 unspecified atom stereocenters. The number of benzene rings is 2. The molecule has 138 valence electrons. The van der Waals surface area contributed by atoms with Crippen molar-refractivity contribution in [3.63, 3.8) is 0 Å². The van der Waals surface area contributed by atoms with Gasteiger partial charge in [0.25, 0.3) is 5.91 Å². The number of ether oxygens (including phenoxy) is 1. The number of carbonyl (C=O) groups is 2. The number of anilines is 1. The molecule has 1 heterocycles. The van der Waals surface area contributed by atoms with Gasteiger partial charge in [0.15, 0.2) is 6.10 Å². The third-order valence-electron chi connectivity index (χ3n) is 4.16. The van der Waals surface area contributed by atoms with E-state index in [2.05, 4.69) is 10.3 Å². The molecule has 0 spiro atoms. The van der Waals surface area contributed by atoms with Crippen LogP contribution in [0.25, 0.3) is 10.9 Å². The molecule has 0 aliphatic heterocycles. The molecule has 1 atom stereocenters. The Morgan fingerprint density at radius 2 is 1.85 bits per heavy atom. The Morgan fingerprint density at radius 1 is 1.11 bits per heavy atom. The van der Waals surface area contributed by atoms with E-state index in [4.69, 9.17) is 4.74 Å². The Kier molecular flexibility index (Phi) is 5.16. The van der Waals surface area contributed by atoms with E-state index in [9.17, 15) is 14.0 Å². The minimum atomic E-state index is -1.05. The first kappa shape index (κ1) is 18.5. The molecule has 0 saturated carbocycles. The van der Waals surface area contributed by atoms with Gasteiger partial charge in [0, 0.05) is 16.8 Å². The minimum absolute atomic E-state index is 0.302. The first-order valence-electron chi connectivity index (χ1n) is 8.49. The summed E-state index contributed by atoms with van der Waals surface area (Å²) in [5.41, 5.74) is 2.48. The van der Waals surface area contributed by atoms with Crippen LogP contribution in [0.1, 0.15) is 28.5 Å². The number of aryl methyl sites for hydroxylation is 2. The van der Waals surface area contributed by atoms with Crippen LogP contribution in [0.5, 0.6) is 0 Å². The van der Waals surface area contributed by atoms with E-state index >= 15 is 0 Å². The van der Waals surface area contributed by atoms with Crippen molar-refractivity contribution in [3.8, 4) is 0 Å². The zero-order chi connectivity index (χ0) is 19.6. The van der Waals surface area contributed by atoms with Crippen LogP contribution in [0, 0.1) is 19.7 Å². The van der Waals surface area contributed by atoms with E-state index in [0.717, 1.165) is 0 Å². The Labute approximate surface area is 156 Å². The zero-order valence-electron chi connectivity index (χ0n) is 15.2. The van der Waals surface area contributed by atoms with Crippen molar-refractivity contribution in [1.82, 2.24) is 4.98 Å². The fourth-order valence-electron chi connectivity index (χ4n) is 2.67. The predicted molar refractivity (Wildman–Crippen MR) is 101 cm³/mol. The predicted octanol–water partition coefficient (Wildman–Crippen LogP) is 4.17. The lowest BCUT2D eigenvalue weighted by Gasteiger charge is -2.15. The Morgan fingerprint density at radius 3 is 2.59 bits per heavy atom. The van der Waals surface area contributed by atoms with Gasteiger partial charge in [-0.1, -0.05) is 24.3 Å². The summed E-state index contributed by atoms with van der Waals surface area (Å²) in [6.45, 7) is 4.88. The second-order valence-electron chi connectivity index (χ2n) is 6.33. The molecular weight excluding hydrogens is 347 g/mol. The second-order valence-corrected chi connectivity index (χ2v) is 6.33. The van der Waals surface area contributed by atoms with Gasteiger partial charge < -0.3 is 10.1 Å². The van der Waals surface area contributed by atoms with Gasteiger partial charge in [0.05, 0.1) is 11.1 Å². The van der Waals surface area contributed by atoms with Gasteiger partial charge in [-0.3, -0.25) is 9.78 Å². The SMILES string of the molecule is Cc1cc(C(=O)O[C@@H](C)C(=O)Nc2ccc(C)c(F)c2)c2ccccc2n1. The molecule has 0 saturated heterocycles. The van der Waals surface area contributed by atoms with Gasteiger partial charge in [-0.05, 0) is 50.6 Å². The van der Waals surface area contributed by atoms with E-state index in [-0.39, 0.29) is 0 Å². The van der Waals surface area contributed by atoms with Crippen LogP contribution in [0.4, 0.5) is 10.1 Å². The van der Waals surface area contributed by atoms with Crippen LogP contribution in [0.3, 0.4) is 0 Å². The molecule has 0 radical (unpaired) electrons. The number of fused-ring (bicyclic) bond motifs is 1. The molecule has 0 aliphatic rings. The van der Waals surface area contributed by atoms with Crippen molar-refractivity contribution in [1.29, 1.82) is 0 Å². The maximum Gasteiger partial charge on any atom is 0.339 e. The first-order chi connectivity index (χ1) is 12.8. The quantitative estimate of drug-likeness (QED) is 0.704. The number of rotatable bonds is 4. The molecule has 0 fully saturated rings. The Bertz CT molecular complexity index is 1030. The summed E-state index contributed by atoms with van der Waals surface area (Å²) in [5.74, 6) is -1.58. The summed E-state index contributed by atoms with van der Waals surface area (Å²) in [6, 6.07) is 13.2. The van der Waals surface area contributed by atoms with E-state index < -0.39 is 23.8 Å². The van der Waals surface area contributed by atoms with Crippen LogP contribution in [0.15, 0.2) is 48.5 Å². The van der Waals surface area contributed by atoms with E-state index in [1.54, 1.807) is 50.2 Å². The number of nitrogens with one attached hydrogen (secondary N) is 1. The van der Waals surface area contributed by atoms with Gasteiger partial charge in [-0.25, -0.2) is 9.18 Å². The van der Waals surface area contributed by atoms with E-state index in [1.807, 2.05) is 6.07 Å². The highest BCUT2D eigenvalue weighted by atomic mass is 19.1. The van der Waals surface area contributed by atoms with Gasteiger partial charge >= 0.3 is 5.97 Å². The average Bonchev–Trinajstić information content (AvgIpc) is 2.63. The molecule has 0 aliphatic carbocycles. The molecule has 0 bridgehead atoms. The fraction of sp³-hybridized carbons (Fsp3) is 0.190. The molecule has 2 aromatic carbocycles. The largest absolute Gasteiger partial charge is 0.449 e. The van der Waals surface area contributed by atoms with Crippen molar-refractivity contribution in [2.24, 2.45) is 0 Å². The van der Waals surface area contributed by atoms with Gasteiger partial charge in [0.2, 0.25) is 0 Å². The standard InChI is InChI=1S/C21H19FN2O3/c1-12-8-9-15(11-18(12)22)24-20(25)14(3)27-21(26)17-10-13(2)23-19-7-5-4-6-16(17)19/h4-11,14H,1-3H3,(H,24,25)/t14-/m0/s1. The maximum atomic E-state index is 13.6. The molecule has 1 amide bonds. The molecule has 1 aromatic heterocycles. The van der Waals surface area contributed by atoms with E-state index in [0.29, 0.717) is 33.4 Å². The van der Waals surface area contributed by atoms with Gasteiger partial charge in [-0.15, -0.1) is 0 Å². The number of aromatic nitrogens is 1. The summed E-state index contributed by atoms with van der Waals surface area (Å²) in [5, 5.41) is 3.20. The van der Waals surface area contributed by atoms with Crippen LogP contribution < -0.4 is 5.32 Å². The molecule has 5 nitrogen and oxygen atoms in total. The average molecular weight is 366 g/mol. The lowest BCUT2D eigenvalue weighted by atomic mass is 10.1. The zero-order valence-corrected chi connectivity index (χ0v) is 15.2. The summed E-state index contributed by atoms with van der Waals surface area (Å²) in [4.78, 5) is 29.3. The third kappa shape index (κ3) is 4.11. The van der Waals surface area contributed by atoms with E-state index in [1.165, 1.54) is 13.0 Å². The fourth-order valence-corrected chi connectivity index (χ4v) is 2.67. The van der Waals surface area contributed by atoms with Crippen molar-refractivity contribution in [3.05, 3.63) is 71.2 Å². The number of halogens is 1. The molecular formula is C21H19FN2O3. The molecule has 6 heteroatoms. The van der Waals surface area contributed by atoms with Crippen LogP contribution in [-0.2, 0) is 9.53 Å². The number of esters is 1. The van der Waals surface area contributed by atoms with Crippen LogP contribution >= 0.6 is 0 Å². The molecule has 1 N–H and O–H groups in total. The van der Waals surface area contributed by atoms with Crippen molar-refractivity contribution in [2.45, 2.75) is 26.9 Å². The highest BCUT2D eigenvalue weighted by Crippen LogP contribution is 2.20. The van der Waals surface area contributed by atoms with Crippen molar-refractivity contribution >= 4 is 28.5 Å². The number of para-hydroxylation sites is 1. The molecule has 3 aromatic rings. The normalized spacial score (nSPS) is 11.9. The molecule has 3 rings (SSSR count). The summed E-state index contributed by atoms with van der Waals surface area (Å²) >= 11 is 0. The summed E-state index contributed by atoms with van der Waals surface area (Å²) in [7, 11) is 0. The number of pyridine rings is 1. The minimum Gasteiger partial charge on any atom is -0.449 e. The van der Waals surface area contributed by atoms with Crippen molar-refractivity contribution < 1.29 is 18.7 Å². The van der Waals surface area contributed by atoms with Gasteiger partial charge in [0.1, 0.15) is 5.82 Å². The summed E-state index contributed by atoms with van der Waals surface area (Å²) in [6.07, 6.45) is -1.05. The second kappa shape index (κ2) is 7.53. The van der Waals surface area contributed by atoms with Crippen molar-refractivity contribution in [2.75, 3.05) is 5.32 Å². The summed E-state index contributed by atoms with van der Waals surface area (Å²) < 4.78 is 18.9. The Hall–Kier alpha value is -3.28. The topological polar surface area (TPSA) is 68.3 Å².